The molecule has 3 nitrogen and oxygen atoms in total. The fourth-order valence-electron chi connectivity index (χ4n) is 2.36. The Balaban J connectivity index is 2.01. The van der Waals surface area contributed by atoms with Gasteiger partial charge in [-0.25, -0.2) is 4.98 Å². The van der Waals surface area contributed by atoms with Crippen molar-refractivity contribution in [3.63, 3.8) is 0 Å². The summed E-state index contributed by atoms with van der Waals surface area (Å²) in [6.07, 6.45) is 5.59. The lowest BCUT2D eigenvalue weighted by Crippen LogP contribution is -2.27. The first-order valence-corrected chi connectivity index (χ1v) is 6.92. The van der Waals surface area contributed by atoms with E-state index in [2.05, 4.69) is 48.5 Å². The molecule has 0 fully saturated rings. The van der Waals surface area contributed by atoms with Gasteiger partial charge >= 0.3 is 0 Å². The van der Waals surface area contributed by atoms with Crippen molar-refractivity contribution in [2.75, 3.05) is 0 Å². The van der Waals surface area contributed by atoms with Crippen LogP contribution in [0, 0.1) is 13.8 Å². The molecule has 1 atom stereocenters. The summed E-state index contributed by atoms with van der Waals surface area (Å²) in [5.74, 6) is 1.08. The van der Waals surface area contributed by atoms with Crippen molar-refractivity contribution in [1.82, 2.24) is 9.55 Å². The summed E-state index contributed by atoms with van der Waals surface area (Å²) in [7, 11) is 0. The molecule has 0 aliphatic heterocycles. The van der Waals surface area contributed by atoms with Crippen LogP contribution in [0.5, 0.6) is 0 Å². The van der Waals surface area contributed by atoms with Crippen LogP contribution in [0.1, 0.15) is 29.4 Å². The normalized spacial score (nSPS) is 12.6. The van der Waals surface area contributed by atoms with Crippen molar-refractivity contribution in [3.8, 4) is 0 Å². The third kappa shape index (κ3) is 3.44. The van der Waals surface area contributed by atoms with Crippen molar-refractivity contribution in [3.05, 3.63) is 53.1 Å². The van der Waals surface area contributed by atoms with Gasteiger partial charge in [0.1, 0.15) is 5.82 Å². The quantitative estimate of drug-likeness (QED) is 0.895. The summed E-state index contributed by atoms with van der Waals surface area (Å²) in [5.41, 5.74) is 10.2. The number of imidazole rings is 1. The molecule has 0 saturated heterocycles. The summed E-state index contributed by atoms with van der Waals surface area (Å²) in [6, 6.07) is 6.70. The zero-order valence-electron chi connectivity index (χ0n) is 12.1. The molecule has 0 aliphatic rings. The average molecular weight is 257 g/mol. The lowest BCUT2D eigenvalue weighted by Gasteiger charge is -2.13. The van der Waals surface area contributed by atoms with Gasteiger partial charge in [-0.15, -0.1) is 0 Å². The molecule has 3 heteroatoms. The number of nitrogens with two attached hydrogens (primary N) is 1. The predicted octanol–water partition coefficient (Wildman–Crippen LogP) is 2.63. The standard InChI is InChI=1S/C16H23N3/c1-4-19-8-7-18-16(19)11-15(17)10-14-6-5-12(2)13(3)9-14/h5-9,15H,4,10-11,17H2,1-3H3. The van der Waals surface area contributed by atoms with Crippen molar-refractivity contribution in [2.24, 2.45) is 5.73 Å². The molecule has 0 saturated carbocycles. The van der Waals surface area contributed by atoms with Gasteiger partial charge in [0, 0.05) is 31.4 Å². The van der Waals surface area contributed by atoms with E-state index in [0.29, 0.717) is 0 Å². The Bertz CT molecular complexity index is 543. The Morgan fingerprint density at radius 2 is 2.00 bits per heavy atom. The molecule has 102 valence electrons. The Labute approximate surface area is 115 Å². The fourth-order valence-corrected chi connectivity index (χ4v) is 2.36. The Hall–Kier alpha value is -1.61. The maximum absolute atomic E-state index is 6.26. The maximum Gasteiger partial charge on any atom is 0.110 e. The Kier molecular flexibility index (Phi) is 4.38. The maximum atomic E-state index is 6.26. The molecular formula is C16H23N3. The lowest BCUT2D eigenvalue weighted by molar-refractivity contribution is 0.602. The van der Waals surface area contributed by atoms with Gasteiger partial charge in [0.25, 0.3) is 0 Å². The van der Waals surface area contributed by atoms with Crippen molar-refractivity contribution < 1.29 is 0 Å². The van der Waals surface area contributed by atoms with E-state index >= 15 is 0 Å². The molecule has 1 unspecified atom stereocenters. The summed E-state index contributed by atoms with van der Waals surface area (Å²) >= 11 is 0. The second-order valence-corrected chi connectivity index (χ2v) is 5.22. The molecule has 1 aromatic heterocycles. The number of aromatic nitrogens is 2. The highest BCUT2D eigenvalue weighted by Gasteiger charge is 2.10. The minimum atomic E-state index is 0.120. The number of hydrogen-bond acceptors (Lipinski definition) is 2. The summed E-state index contributed by atoms with van der Waals surface area (Å²) < 4.78 is 2.15. The van der Waals surface area contributed by atoms with Crippen molar-refractivity contribution in [1.29, 1.82) is 0 Å². The average Bonchev–Trinajstić information content (AvgIpc) is 2.81. The monoisotopic (exact) mass is 257 g/mol. The van der Waals surface area contributed by atoms with E-state index < -0.39 is 0 Å². The molecule has 0 amide bonds. The van der Waals surface area contributed by atoms with Crippen LogP contribution in [-0.4, -0.2) is 15.6 Å². The van der Waals surface area contributed by atoms with E-state index in [1.54, 1.807) is 0 Å². The molecule has 19 heavy (non-hydrogen) atoms. The summed E-state index contributed by atoms with van der Waals surface area (Å²) in [4.78, 5) is 4.38. The largest absolute Gasteiger partial charge is 0.335 e. The van der Waals surface area contributed by atoms with Gasteiger partial charge in [-0.2, -0.15) is 0 Å². The van der Waals surface area contributed by atoms with Crippen LogP contribution < -0.4 is 5.73 Å². The Morgan fingerprint density at radius 3 is 2.68 bits per heavy atom. The predicted molar refractivity (Wildman–Crippen MR) is 79.2 cm³/mol. The molecule has 2 rings (SSSR count). The number of nitrogens with zero attached hydrogens (tertiary/aromatic N) is 2. The second-order valence-electron chi connectivity index (χ2n) is 5.22. The van der Waals surface area contributed by atoms with E-state index in [-0.39, 0.29) is 6.04 Å². The minimum Gasteiger partial charge on any atom is -0.335 e. The summed E-state index contributed by atoms with van der Waals surface area (Å²) in [5, 5.41) is 0. The first-order chi connectivity index (χ1) is 9.10. The molecule has 2 N–H and O–H groups in total. The van der Waals surface area contributed by atoms with Gasteiger partial charge in [-0.1, -0.05) is 18.2 Å². The third-order valence-electron chi connectivity index (χ3n) is 3.66. The molecule has 0 bridgehead atoms. The van der Waals surface area contributed by atoms with Gasteiger partial charge in [-0.05, 0) is 43.9 Å². The van der Waals surface area contributed by atoms with Gasteiger partial charge in [-0.3, -0.25) is 0 Å². The number of benzene rings is 1. The SMILES string of the molecule is CCn1ccnc1CC(N)Cc1ccc(C)c(C)c1. The van der Waals surface area contributed by atoms with Crippen molar-refractivity contribution >= 4 is 0 Å². The molecule has 0 spiro atoms. The van der Waals surface area contributed by atoms with E-state index in [1.165, 1.54) is 16.7 Å². The van der Waals surface area contributed by atoms with Crippen LogP contribution in [0.15, 0.2) is 30.6 Å². The molecular weight excluding hydrogens is 234 g/mol. The molecule has 0 radical (unpaired) electrons. The molecule has 1 aromatic carbocycles. The van der Waals surface area contributed by atoms with Gasteiger partial charge in [0.15, 0.2) is 0 Å². The van der Waals surface area contributed by atoms with Gasteiger partial charge in [0.05, 0.1) is 0 Å². The molecule has 1 heterocycles. The first kappa shape index (κ1) is 13.8. The van der Waals surface area contributed by atoms with E-state index in [9.17, 15) is 0 Å². The first-order valence-electron chi connectivity index (χ1n) is 6.92. The highest BCUT2D eigenvalue weighted by molar-refractivity contribution is 5.30. The highest BCUT2D eigenvalue weighted by atomic mass is 15.1. The fraction of sp³-hybridized carbons (Fsp3) is 0.438. The van der Waals surface area contributed by atoms with Crippen LogP contribution in [0.2, 0.25) is 0 Å². The van der Waals surface area contributed by atoms with E-state index in [1.807, 2.05) is 12.4 Å². The lowest BCUT2D eigenvalue weighted by atomic mass is 10.00. The summed E-state index contributed by atoms with van der Waals surface area (Å²) in [6.45, 7) is 7.36. The van der Waals surface area contributed by atoms with Crippen LogP contribution in [-0.2, 0) is 19.4 Å². The second kappa shape index (κ2) is 6.02. The van der Waals surface area contributed by atoms with Gasteiger partial charge in [0.2, 0.25) is 0 Å². The zero-order chi connectivity index (χ0) is 13.8. The van der Waals surface area contributed by atoms with E-state index in [4.69, 9.17) is 5.73 Å². The van der Waals surface area contributed by atoms with Gasteiger partial charge < -0.3 is 10.3 Å². The van der Waals surface area contributed by atoms with Crippen LogP contribution in [0.4, 0.5) is 0 Å². The minimum absolute atomic E-state index is 0.120. The number of rotatable bonds is 5. The highest BCUT2D eigenvalue weighted by Crippen LogP contribution is 2.12. The molecule has 0 aliphatic carbocycles. The van der Waals surface area contributed by atoms with Crippen LogP contribution >= 0.6 is 0 Å². The zero-order valence-corrected chi connectivity index (χ0v) is 12.1. The molecule has 2 aromatic rings. The number of hydrogen-bond donors (Lipinski definition) is 1. The van der Waals surface area contributed by atoms with Crippen LogP contribution in [0.3, 0.4) is 0 Å². The van der Waals surface area contributed by atoms with Crippen LogP contribution in [0.25, 0.3) is 0 Å². The third-order valence-corrected chi connectivity index (χ3v) is 3.66. The topological polar surface area (TPSA) is 43.8 Å². The van der Waals surface area contributed by atoms with E-state index in [0.717, 1.165) is 25.2 Å². The number of aryl methyl sites for hydroxylation is 3. The van der Waals surface area contributed by atoms with Crippen molar-refractivity contribution in [2.45, 2.75) is 46.2 Å². The smallest absolute Gasteiger partial charge is 0.110 e. The Morgan fingerprint density at radius 1 is 1.21 bits per heavy atom.